The number of imidazole rings is 1. The third-order valence-corrected chi connectivity index (χ3v) is 5.94. The van der Waals surface area contributed by atoms with Crippen LogP contribution in [-0.4, -0.2) is 35.9 Å². The van der Waals surface area contributed by atoms with Crippen LogP contribution < -0.4 is 10.6 Å². The van der Waals surface area contributed by atoms with Crippen LogP contribution in [0, 0.1) is 0 Å². The lowest BCUT2D eigenvalue weighted by atomic mass is 10.3. The molecule has 0 radical (unpaired) electrons. The Balaban J connectivity index is 1.90. The van der Waals surface area contributed by atoms with Gasteiger partial charge in [-0.3, -0.25) is 9.47 Å². The minimum Gasteiger partial charge on any atom is -0.397 e. The number of benzene rings is 1. The molecule has 0 unspecified atom stereocenters. The van der Waals surface area contributed by atoms with Crippen LogP contribution in [0.2, 0.25) is 25.7 Å². The second-order valence-corrected chi connectivity index (χ2v) is 13.3. The number of fused-ring (bicyclic) bond motifs is 1. The van der Waals surface area contributed by atoms with Gasteiger partial charge in [-0.15, -0.1) is 0 Å². The van der Waals surface area contributed by atoms with Crippen molar-refractivity contribution in [1.29, 1.82) is 0 Å². The van der Waals surface area contributed by atoms with Crippen molar-refractivity contribution in [3.05, 3.63) is 42.6 Å². The first-order valence-corrected chi connectivity index (χ1v) is 12.5. The average Bonchev–Trinajstić information content (AvgIpc) is 2.90. The number of hydrogen-bond donors (Lipinski definition) is 1. The van der Waals surface area contributed by atoms with Gasteiger partial charge >= 0.3 is 0 Å². The molecule has 0 fully saturated rings. The number of nitrogens with zero attached hydrogens (tertiary/aromatic N) is 4. The third kappa shape index (κ3) is 4.23. The zero-order valence-electron chi connectivity index (χ0n) is 15.9. The quantitative estimate of drug-likeness (QED) is 0.387. The van der Waals surface area contributed by atoms with Gasteiger partial charge in [0.15, 0.2) is 5.65 Å². The van der Waals surface area contributed by atoms with Crippen molar-refractivity contribution in [1.82, 2.24) is 14.5 Å². The lowest BCUT2D eigenvalue weighted by molar-refractivity contribution is 0.152. The lowest BCUT2D eigenvalue weighted by Gasteiger charge is -2.24. The number of ether oxygens (including phenoxy) is 1. The van der Waals surface area contributed by atoms with Crippen molar-refractivity contribution in [3.63, 3.8) is 0 Å². The predicted molar refractivity (Wildman–Crippen MR) is 110 cm³/mol. The van der Waals surface area contributed by atoms with E-state index in [2.05, 4.69) is 41.7 Å². The van der Waals surface area contributed by atoms with E-state index in [0.29, 0.717) is 12.4 Å². The average molecular weight is 370 g/mol. The second-order valence-electron chi connectivity index (χ2n) is 7.69. The number of pyridine rings is 1. The first-order chi connectivity index (χ1) is 12.3. The fraction of sp³-hybridized carbons (Fsp3) is 0.368. The van der Waals surface area contributed by atoms with Gasteiger partial charge in [0.2, 0.25) is 5.95 Å². The van der Waals surface area contributed by atoms with Crippen LogP contribution in [-0.2, 0) is 11.8 Å². The first kappa shape index (κ1) is 18.4. The number of hydrogen-bond acceptors (Lipinski definition) is 5. The Labute approximate surface area is 155 Å². The van der Waals surface area contributed by atoms with E-state index in [1.165, 1.54) is 0 Å². The van der Waals surface area contributed by atoms with E-state index in [1.807, 2.05) is 35.9 Å². The number of aromatic nitrogens is 3. The predicted octanol–water partition coefficient (Wildman–Crippen LogP) is 4.00. The Morgan fingerprint density at radius 2 is 1.92 bits per heavy atom. The minimum absolute atomic E-state index is 0.446. The molecule has 2 heterocycles. The number of para-hydroxylation sites is 1. The molecule has 3 rings (SSSR count). The highest BCUT2D eigenvalue weighted by Crippen LogP contribution is 2.27. The van der Waals surface area contributed by atoms with E-state index < -0.39 is 8.07 Å². The van der Waals surface area contributed by atoms with Crippen LogP contribution in [0.3, 0.4) is 0 Å². The van der Waals surface area contributed by atoms with Crippen molar-refractivity contribution in [2.24, 2.45) is 7.05 Å². The molecule has 0 aliphatic carbocycles. The monoisotopic (exact) mass is 369 g/mol. The minimum atomic E-state index is -1.12. The summed E-state index contributed by atoms with van der Waals surface area (Å²) in [5.41, 5.74) is 9.09. The highest BCUT2D eigenvalue weighted by Gasteiger charge is 2.19. The summed E-state index contributed by atoms with van der Waals surface area (Å²) >= 11 is 0. The zero-order valence-corrected chi connectivity index (χ0v) is 16.9. The largest absolute Gasteiger partial charge is 0.397 e. The molecule has 7 heteroatoms. The van der Waals surface area contributed by atoms with Crippen LogP contribution in [0.15, 0.2) is 42.6 Å². The van der Waals surface area contributed by atoms with Crippen molar-refractivity contribution in [2.45, 2.75) is 25.7 Å². The molecule has 0 saturated heterocycles. The molecule has 2 aromatic heterocycles. The van der Waals surface area contributed by atoms with Gasteiger partial charge in [-0.05, 0) is 24.2 Å². The Kier molecular flexibility index (Phi) is 5.29. The molecule has 138 valence electrons. The first-order valence-electron chi connectivity index (χ1n) is 8.83. The summed E-state index contributed by atoms with van der Waals surface area (Å²) in [5.74, 6) is 0.789. The molecule has 6 nitrogen and oxygen atoms in total. The summed E-state index contributed by atoms with van der Waals surface area (Å²) in [7, 11) is 0.844. The van der Waals surface area contributed by atoms with E-state index in [1.54, 1.807) is 6.20 Å². The summed E-state index contributed by atoms with van der Waals surface area (Å²) < 4.78 is 7.99. The van der Waals surface area contributed by atoms with E-state index in [0.717, 1.165) is 35.5 Å². The van der Waals surface area contributed by atoms with Gasteiger partial charge in [-0.1, -0.05) is 37.8 Å². The van der Waals surface area contributed by atoms with Gasteiger partial charge in [0.25, 0.3) is 0 Å². The maximum Gasteiger partial charge on any atom is 0.214 e. The van der Waals surface area contributed by atoms with Crippen molar-refractivity contribution in [3.8, 4) is 0 Å². The van der Waals surface area contributed by atoms with Crippen molar-refractivity contribution < 1.29 is 4.74 Å². The van der Waals surface area contributed by atoms with Crippen LogP contribution in [0.4, 0.5) is 17.3 Å². The van der Waals surface area contributed by atoms with Gasteiger partial charge in [0.1, 0.15) is 12.2 Å². The molecule has 1 aromatic carbocycles. The number of nitrogen functional groups attached to an aromatic ring is 1. The van der Waals surface area contributed by atoms with Gasteiger partial charge in [0, 0.05) is 27.4 Å². The molecular weight excluding hydrogens is 342 g/mol. The zero-order chi connectivity index (χ0) is 18.7. The van der Waals surface area contributed by atoms with Gasteiger partial charge < -0.3 is 10.5 Å². The SMILES string of the molecule is Cn1c(N(COCC[Si](C)(C)C)c2ccccc2)nc2cc(N)cnc21. The number of nitrogens with two attached hydrogens (primary N) is 1. The number of rotatable bonds is 7. The summed E-state index contributed by atoms with van der Waals surface area (Å²) in [6.45, 7) is 8.27. The third-order valence-electron chi connectivity index (χ3n) is 4.23. The van der Waals surface area contributed by atoms with Gasteiger partial charge in [0.05, 0.1) is 11.9 Å². The summed E-state index contributed by atoms with van der Waals surface area (Å²) in [5, 5.41) is 0. The molecule has 0 aliphatic heterocycles. The van der Waals surface area contributed by atoms with Crippen molar-refractivity contribution >= 4 is 36.6 Å². The smallest absolute Gasteiger partial charge is 0.214 e. The molecule has 26 heavy (non-hydrogen) atoms. The molecule has 0 amide bonds. The molecule has 0 saturated carbocycles. The Hall–Kier alpha value is -2.38. The fourth-order valence-corrected chi connectivity index (χ4v) is 3.47. The van der Waals surface area contributed by atoms with Crippen LogP contribution >= 0.6 is 0 Å². The van der Waals surface area contributed by atoms with Crippen molar-refractivity contribution in [2.75, 3.05) is 24.0 Å². The number of aryl methyl sites for hydroxylation is 1. The fourth-order valence-electron chi connectivity index (χ4n) is 2.71. The van der Waals surface area contributed by atoms with Gasteiger partial charge in [-0.2, -0.15) is 0 Å². The molecule has 2 N–H and O–H groups in total. The van der Waals surface area contributed by atoms with Crippen LogP contribution in [0.5, 0.6) is 0 Å². The maximum absolute atomic E-state index is 6.02. The molecule has 0 bridgehead atoms. The molecular formula is C19H27N5OSi. The lowest BCUT2D eigenvalue weighted by Crippen LogP contribution is -2.27. The molecule has 0 aliphatic rings. The standard InChI is InChI=1S/C19H27N5OSi/c1-23-18-17(12-15(20)13-21-18)22-19(23)24(16-8-6-5-7-9-16)14-25-10-11-26(2,3)4/h5-9,12-13H,10-11,14,20H2,1-4H3. The van der Waals surface area contributed by atoms with Crippen LogP contribution in [0.1, 0.15) is 0 Å². The number of anilines is 3. The van der Waals surface area contributed by atoms with Gasteiger partial charge in [-0.25, -0.2) is 9.97 Å². The normalized spacial score (nSPS) is 11.8. The highest BCUT2D eigenvalue weighted by atomic mass is 28.3. The Morgan fingerprint density at radius 1 is 1.19 bits per heavy atom. The topological polar surface area (TPSA) is 69.2 Å². The van der Waals surface area contributed by atoms with Crippen LogP contribution in [0.25, 0.3) is 11.2 Å². The maximum atomic E-state index is 6.02. The summed E-state index contributed by atoms with van der Waals surface area (Å²) in [4.78, 5) is 11.2. The molecule has 0 atom stereocenters. The van der Waals surface area contributed by atoms with E-state index in [-0.39, 0.29) is 0 Å². The highest BCUT2D eigenvalue weighted by molar-refractivity contribution is 6.76. The second kappa shape index (κ2) is 7.47. The Morgan fingerprint density at radius 3 is 2.62 bits per heavy atom. The Bertz CT molecular complexity index is 873. The van der Waals surface area contributed by atoms with E-state index >= 15 is 0 Å². The summed E-state index contributed by atoms with van der Waals surface area (Å²) in [6.07, 6.45) is 1.66. The van der Waals surface area contributed by atoms with E-state index in [9.17, 15) is 0 Å². The summed E-state index contributed by atoms with van der Waals surface area (Å²) in [6, 6.07) is 13.1. The molecule has 0 spiro atoms. The molecule has 3 aromatic rings. The van der Waals surface area contributed by atoms with E-state index in [4.69, 9.17) is 15.5 Å².